The molecule has 0 aliphatic carbocycles. The maximum atomic E-state index is 11.9. The van der Waals surface area contributed by atoms with Crippen molar-refractivity contribution < 1.29 is 13.2 Å². The van der Waals surface area contributed by atoms with Crippen molar-refractivity contribution in [3.8, 4) is 0 Å². The average molecular weight is 250 g/mol. The summed E-state index contributed by atoms with van der Waals surface area (Å²) in [5.41, 5.74) is 0. The van der Waals surface area contributed by atoms with Crippen LogP contribution in [0.4, 0.5) is 0 Å². The number of hydrogen-bond donors (Lipinski definition) is 1. The second-order valence-corrected chi connectivity index (χ2v) is 6.09. The van der Waals surface area contributed by atoms with Gasteiger partial charge in [-0.25, -0.2) is 8.42 Å². The summed E-state index contributed by atoms with van der Waals surface area (Å²) in [6.07, 6.45) is 1.93. The van der Waals surface area contributed by atoms with E-state index in [1.807, 2.05) is 6.92 Å². The second-order valence-electron chi connectivity index (χ2n) is 4.00. The monoisotopic (exact) mass is 250 g/mol. The largest absolute Gasteiger partial charge is 0.377 e. The van der Waals surface area contributed by atoms with Crippen molar-refractivity contribution in [2.45, 2.75) is 25.9 Å². The Bertz CT molecular complexity index is 290. The van der Waals surface area contributed by atoms with Crippen molar-refractivity contribution in [2.24, 2.45) is 0 Å². The van der Waals surface area contributed by atoms with E-state index < -0.39 is 10.0 Å². The zero-order valence-electron chi connectivity index (χ0n) is 10.1. The van der Waals surface area contributed by atoms with Crippen LogP contribution in [0.3, 0.4) is 0 Å². The molecule has 0 saturated carbocycles. The minimum atomic E-state index is -3.11. The Hall–Kier alpha value is -0.170. The van der Waals surface area contributed by atoms with Gasteiger partial charge < -0.3 is 10.1 Å². The van der Waals surface area contributed by atoms with Crippen LogP contribution in [0, 0.1) is 0 Å². The quantitative estimate of drug-likeness (QED) is 0.723. The van der Waals surface area contributed by atoms with Crippen LogP contribution in [0.25, 0.3) is 0 Å². The minimum absolute atomic E-state index is 0.0723. The third-order valence-electron chi connectivity index (χ3n) is 2.75. The first-order valence-corrected chi connectivity index (χ1v) is 7.45. The van der Waals surface area contributed by atoms with Crippen molar-refractivity contribution >= 4 is 10.0 Å². The first-order valence-electron chi connectivity index (χ1n) is 5.84. The highest BCUT2D eigenvalue weighted by Crippen LogP contribution is 2.16. The molecule has 1 fully saturated rings. The molecular weight excluding hydrogens is 228 g/mol. The molecule has 1 aliphatic rings. The maximum absolute atomic E-state index is 11.9. The summed E-state index contributed by atoms with van der Waals surface area (Å²) in [5.74, 6) is 0.169. The van der Waals surface area contributed by atoms with E-state index in [0.717, 1.165) is 12.8 Å². The summed E-state index contributed by atoms with van der Waals surface area (Å²) in [6, 6.07) is 0. The molecule has 0 bridgehead atoms. The summed E-state index contributed by atoms with van der Waals surface area (Å²) in [7, 11) is -1.35. The first kappa shape index (κ1) is 13.9. The van der Waals surface area contributed by atoms with Crippen molar-refractivity contribution in [3.05, 3.63) is 0 Å². The van der Waals surface area contributed by atoms with Gasteiger partial charge in [-0.3, -0.25) is 0 Å². The van der Waals surface area contributed by atoms with Gasteiger partial charge in [-0.05, 0) is 26.8 Å². The third kappa shape index (κ3) is 4.01. The molecule has 0 aromatic rings. The molecule has 1 atom stereocenters. The summed E-state index contributed by atoms with van der Waals surface area (Å²) in [6.45, 7) is 4.23. The normalized spacial score (nSPS) is 23.5. The molecule has 1 heterocycles. The Morgan fingerprint density at radius 3 is 2.88 bits per heavy atom. The van der Waals surface area contributed by atoms with Crippen molar-refractivity contribution in [1.29, 1.82) is 0 Å². The van der Waals surface area contributed by atoms with E-state index in [1.54, 1.807) is 11.4 Å². The molecule has 1 N–H and O–H groups in total. The molecule has 1 unspecified atom stereocenters. The van der Waals surface area contributed by atoms with E-state index in [1.165, 1.54) is 0 Å². The van der Waals surface area contributed by atoms with Crippen LogP contribution in [0.2, 0.25) is 0 Å². The molecule has 1 aliphatic heterocycles. The summed E-state index contributed by atoms with van der Waals surface area (Å²) < 4.78 is 30.9. The standard InChI is InChI=1S/C10H22N2O3S/c1-3-15-10-5-4-7-12(9-10)16(13,14)8-6-11-2/h10-11H,3-9H2,1-2H3. The number of rotatable bonds is 6. The van der Waals surface area contributed by atoms with Crippen molar-refractivity contribution in [3.63, 3.8) is 0 Å². The van der Waals surface area contributed by atoms with Crippen LogP contribution in [0.5, 0.6) is 0 Å². The Morgan fingerprint density at radius 2 is 2.25 bits per heavy atom. The van der Waals surface area contributed by atoms with Crippen LogP contribution >= 0.6 is 0 Å². The van der Waals surface area contributed by atoms with E-state index in [9.17, 15) is 8.42 Å². The Labute approximate surface area is 98.2 Å². The van der Waals surface area contributed by atoms with Crippen LogP contribution < -0.4 is 5.32 Å². The zero-order valence-corrected chi connectivity index (χ0v) is 10.9. The molecule has 0 aromatic carbocycles. The summed E-state index contributed by atoms with van der Waals surface area (Å²) >= 11 is 0. The number of ether oxygens (including phenoxy) is 1. The molecule has 5 nitrogen and oxygen atoms in total. The van der Waals surface area contributed by atoms with Gasteiger partial charge in [0.05, 0.1) is 11.9 Å². The van der Waals surface area contributed by atoms with E-state index in [-0.39, 0.29) is 11.9 Å². The van der Waals surface area contributed by atoms with Gasteiger partial charge in [0.1, 0.15) is 0 Å². The second kappa shape index (κ2) is 6.54. The van der Waals surface area contributed by atoms with Gasteiger partial charge >= 0.3 is 0 Å². The molecule has 0 amide bonds. The molecular formula is C10H22N2O3S. The minimum Gasteiger partial charge on any atom is -0.377 e. The smallest absolute Gasteiger partial charge is 0.215 e. The maximum Gasteiger partial charge on any atom is 0.215 e. The molecule has 0 radical (unpaired) electrons. The van der Waals surface area contributed by atoms with E-state index in [4.69, 9.17) is 4.74 Å². The predicted molar refractivity (Wildman–Crippen MR) is 63.9 cm³/mol. The highest BCUT2D eigenvalue weighted by Gasteiger charge is 2.28. The summed E-state index contributed by atoms with van der Waals surface area (Å²) in [5, 5.41) is 2.86. The Morgan fingerprint density at radius 1 is 1.50 bits per heavy atom. The molecule has 16 heavy (non-hydrogen) atoms. The zero-order chi connectivity index (χ0) is 12.0. The Balaban J connectivity index is 2.52. The van der Waals surface area contributed by atoms with Gasteiger partial charge in [0.15, 0.2) is 0 Å². The van der Waals surface area contributed by atoms with Gasteiger partial charge in [0.25, 0.3) is 0 Å². The van der Waals surface area contributed by atoms with Crippen LogP contribution in [-0.4, -0.2) is 57.9 Å². The molecule has 6 heteroatoms. The molecule has 96 valence electrons. The lowest BCUT2D eigenvalue weighted by molar-refractivity contribution is 0.0265. The van der Waals surface area contributed by atoms with Crippen molar-refractivity contribution in [2.75, 3.05) is 39.0 Å². The lowest BCUT2D eigenvalue weighted by Crippen LogP contribution is -2.45. The highest BCUT2D eigenvalue weighted by molar-refractivity contribution is 7.89. The molecule has 0 spiro atoms. The first-order chi connectivity index (χ1) is 7.60. The van der Waals surface area contributed by atoms with Crippen LogP contribution in [-0.2, 0) is 14.8 Å². The van der Waals surface area contributed by atoms with Crippen LogP contribution in [0.1, 0.15) is 19.8 Å². The Kier molecular flexibility index (Phi) is 5.68. The number of sulfonamides is 1. The van der Waals surface area contributed by atoms with Gasteiger partial charge in [-0.15, -0.1) is 0 Å². The number of nitrogens with zero attached hydrogens (tertiary/aromatic N) is 1. The number of nitrogens with one attached hydrogen (secondary N) is 1. The van der Waals surface area contributed by atoms with Gasteiger partial charge in [0, 0.05) is 26.2 Å². The lowest BCUT2D eigenvalue weighted by Gasteiger charge is -2.31. The van der Waals surface area contributed by atoms with E-state index in [2.05, 4.69) is 5.32 Å². The highest BCUT2D eigenvalue weighted by atomic mass is 32.2. The average Bonchev–Trinajstić information content (AvgIpc) is 2.27. The van der Waals surface area contributed by atoms with Gasteiger partial charge in [-0.2, -0.15) is 4.31 Å². The number of piperidine rings is 1. The summed E-state index contributed by atoms with van der Waals surface area (Å²) in [4.78, 5) is 0. The predicted octanol–water partition coefficient (Wildman–Crippen LogP) is 0.0365. The van der Waals surface area contributed by atoms with Crippen molar-refractivity contribution in [1.82, 2.24) is 9.62 Å². The van der Waals surface area contributed by atoms with Gasteiger partial charge in [0.2, 0.25) is 10.0 Å². The van der Waals surface area contributed by atoms with Gasteiger partial charge in [-0.1, -0.05) is 0 Å². The molecule has 0 aromatic heterocycles. The molecule has 1 saturated heterocycles. The fourth-order valence-electron chi connectivity index (χ4n) is 1.89. The fraction of sp³-hybridized carbons (Fsp3) is 1.00. The van der Waals surface area contributed by atoms with E-state index in [0.29, 0.717) is 26.2 Å². The lowest BCUT2D eigenvalue weighted by atomic mass is 10.1. The number of hydrogen-bond acceptors (Lipinski definition) is 4. The topological polar surface area (TPSA) is 58.6 Å². The SMILES string of the molecule is CCOC1CCCN(S(=O)(=O)CCNC)C1. The third-order valence-corrected chi connectivity index (χ3v) is 4.59. The molecule has 1 rings (SSSR count). The van der Waals surface area contributed by atoms with E-state index >= 15 is 0 Å². The van der Waals surface area contributed by atoms with Crippen LogP contribution in [0.15, 0.2) is 0 Å². The fourth-order valence-corrected chi connectivity index (χ4v) is 3.41.